The summed E-state index contributed by atoms with van der Waals surface area (Å²) in [6.45, 7) is 3.79. The van der Waals surface area contributed by atoms with Gasteiger partial charge in [0.15, 0.2) is 0 Å². The number of amides is 3. The minimum atomic E-state index is -0.320. The zero-order valence-electron chi connectivity index (χ0n) is 17.7. The largest absolute Gasteiger partial charge is 0.486 e. The summed E-state index contributed by atoms with van der Waals surface area (Å²) in [6, 6.07) is 14.0. The molecule has 0 aliphatic carbocycles. The molecule has 4 rings (SSSR count). The predicted molar refractivity (Wildman–Crippen MR) is 116 cm³/mol. The first-order valence-electron chi connectivity index (χ1n) is 10.9. The van der Waals surface area contributed by atoms with E-state index in [-0.39, 0.29) is 36.3 Å². The number of likely N-dealkylation sites (tertiary alicyclic amines) is 1. The van der Waals surface area contributed by atoms with Gasteiger partial charge in [-0.15, -0.1) is 0 Å². The Balaban J connectivity index is 1.34. The summed E-state index contributed by atoms with van der Waals surface area (Å²) < 4.78 is 19.7. The monoisotopic (exact) mass is 425 g/mol. The highest BCUT2D eigenvalue weighted by atomic mass is 19.1. The second-order valence-electron chi connectivity index (χ2n) is 8.08. The molecule has 3 amide bonds. The Hall–Kier alpha value is -3.09. The van der Waals surface area contributed by atoms with Crippen LogP contribution in [0, 0.1) is 11.7 Å². The first-order chi connectivity index (χ1) is 15.1. The molecule has 2 aliphatic heterocycles. The summed E-state index contributed by atoms with van der Waals surface area (Å²) in [6.07, 6.45) is 1.99. The summed E-state index contributed by atoms with van der Waals surface area (Å²) in [4.78, 5) is 29.4. The fourth-order valence-electron chi connectivity index (χ4n) is 4.16. The highest BCUT2D eigenvalue weighted by Crippen LogP contribution is 2.35. The number of halogens is 1. The van der Waals surface area contributed by atoms with E-state index in [0.29, 0.717) is 38.0 Å². The maximum Gasteiger partial charge on any atom is 0.324 e. The molecule has 1 fully saturated rings. The summed E-state index contributed by atoms with van der Waals surface area (Å²) in [7, 11) is 0. The molecule has 6 nitrogen and oxygen atoms in total. The third-order valence-corrected chi connectivity index (χ3v) is 6.07. The number of hydrogen-bond acceptors (Lipinski definition) is 3. The molecule has 0 unspecified atom stereocenters. The summed E-state index contributed by atoms with van der Waals surface area (Å²) >= 11 is 0. The first kappa shape index (κ1) is 21.2. The number of carbonyl (C=O) groups excluding carboxylic acids is 2. The first-order valence-corrected chi connectivity index (χ1v) is 10.9. The zero-order valence-corrected chi connectivity index (χ0v) is 17.7. The molecular formula is C24H28FN3O3. The van der Waals surface area contributed by atoms with E-state index < -0.39 is 0 Å². The Kier molecular flexibility index (Phi) is 6.39. The van der Waals surface area contributed by atoms with Gasteiger partial charge in [-0.1, -0.05) is 37.3 Å². The quantitative estimate of drug-likeness (QED) is 0.807. The fourth-order valence-corrected chi connectivity index (χ4v) is 4.16. The molecule has 2 aromatic carbocycles. The van der Waals surface area contributed by atoms with Crippen molar-refractivity contribution in [3.8, 4) is 5.75 Å². The molecule has 1 saturated heterocycles. The number of carbonyl (C=O) groups is 2. The van der Waals surface area contributed by atoms with Crippen LogP contribution >= 0.6 is 0 Å². The van der Waals surface area contributed by atoms with Crippen LogP contribution in [0.5, 0.6) is 5.75 Å². The lowest BCUT2D eigenvalue weighted by atomic mass is 9.96. The van der Waals surface area contributed by atoms with Gasteiger partial charge >= 0.3 is 6.03 Å². The molecule has 1 atom stereocenters. The van der Waals surface area contributed by atoms with Crippen molar-refractivity contribution in [1.29, 1.82) is 0 Å². The number of nitrogens with one attached hydrogen (secondary N) is 1. The van der Waals surface area contributed by atoms with Gasteiger partial charge < -0.3 is 15.0 Å². The van der Waals surface area contributed by atoms with E-state index >= 15 is 0 Å². The Morgan fingerprint density at radius 2 is 1.81 bits per heavy atom. The van der Waals surface area contributed by atoms with Crippen LogP contribution in [0.2, 0.25) is 0 Å². The van der Waals surface area contributed by atoms with Crippen LogP contribution in [-0.4, -0.2) is 42.6 Å². The molecule has 2 aliphatic rings. The lowest BCUT2D eigenvalue weighted by Crippen LogP contribution is -2.52. The molecule has 0 spiro atoms. The van der Waals surface area contributed by atoms with Crippen molar-refractivity contribution < 1.29 is 18.7 Å². The van der Waals surface area contributed by atoms with E-state index in [1.54, 1.807) is 23.1 Å². The number of piperidine rings is 1. The lowest BCUT2D eigenvalue weighted by Gasteiger charge is -2.39. The second kappa shape index (κ2) is 9.37. The summed E-state index contributed by atoms with van der Waals surface area (Å²) in [5, 5.41) is 2.83. The SMILES string of the molecule is CC[C@@H]1CN(C(=O)N2CCC(C(=O)NCc3ccccc3F)CC2)c2ccccc2O1. The van der Waals surface area contributed by atoms with Gasteiger partial charge in [0.1, 0.15) is 17.7 Å². The Labute approximate surface area is 182 Å². The van der Waals surface area contributed by atoms with Crippen LogP contribution in [0.25, 0.3) is 0 Å². The maximum atomic E-state index is 13.7. The van der Waals surface area contributed by atoms with Crippen molar-refractivity contribution in [3.05, 3.63) is 59.9 Å². The molecule has 7 heteroatoms. The fraction of sp³-hybridized carbons (Fsp3) is 0.417. The topological polar surface area (TPSA) is 61.9 Å². The number of anilines is 1. The van der Waals surface area contributed by atoms with Crippen molar-refractivity contribution in [2.24, 2.45) is 5.92 Å². The minimum Gasteiger partial charge on any atom is -0.486 e. The summed E-state index contributed by atoms with van der Waals surface area (Å²) in [5.41, 5.74) is 1.27. The van der Waals surface area contributed by atoms with Crippen molar-refractivity contribution in [2.75, 3.05) is 24.5 Å². The molecule has 31 heavy (non-hydrogen) atoms. The normalized spacial score (nSPS) is 18.8. The Bertz CT molecular complexity index is 943. The van der Waals surface area contributed by atoms with E-state index in [4.69, 9.17) is 4.74 Å². The van der Waals surface area contributed by atoms with Gasteiger partial charge in [0.2, 0.25) is 5.91 Å². The third kappa shape index (κ3) is 4.65. The molecule has 1 N–H and O–H groups in total. The molecule has 0 radical (unpaired) electrons. The predicted octanol–water partition coefficient (Wildman–Crippen LogP) is 3.95. The average Bonchev–Trinajstić information content (AvgIpc) is 2.82. The van der Waals surface area contributed by atoms with Gasteiger partial charge in [0, 0.05) is 31.1 Å². The van der Waals surface area contributed by atoms with Gasteiger partial charge in [-0.3, -0.25) is 9.69 Å². The maximum absolute atomic E-state index is 13.7. The molecule has 0 bridgehead atoms. The van der Waals surface area contributed by atoms with Crippen LogP contribution in [0.15, 0.2) is 48.5 Å². The standard InChI is InChI=1S/C24H28FN3O3/c1-2-19-16-28(21-9-5-6-10-22(21)31-19)24(30)27-13-11-17(12-14-27)23(29)26-15-18-7-3-4-8-20(18)25/h3-10,17,19H,2,11-16H2,1H3,(H,26,29)/t19-/m1/s1. The molecule has 164 valence electrons. The lowest BCUT2D eigenvalue weighted by molar-refractivity contribution is -0.126. The number of urea groups is 1. The minimum absolute atomic E-state index is 0.0273. The number of fused-ring (bicyclic) bond motifs is 1. The number of rotatable bonds is 4. The number of ether oxygens (including phenoxy) is 1. The molecule has 2 heterocycles. The van der Waals surface area contributed by atoms with Crippen molar-refractivity contribution >= 4 is 17.6 Å². The van der Waals surface area contributed by atoms with E-state index in [1.807, 2.05) is 36.1 Å². The van der Waals surface area contributed by atoms with Gasteiger partial charge in [-0.2, -0.15) is 0 Å². The van der Waals surface area contributed by atoms with Crippen molar-refractivity contribution in [1.82, 2.24) is 10.2 Å². The molecule has 0 saturated carbocycles. The van der Waals surface area contributed by atoms with E-state index in [9.17, 15) is 14.0 Å². The van der Waals surface area contributed by atoms with Crippen LogP contribution in [-0.2, 0) is 11.3 Å². The molecule has 2 aromatic rings. The highest BCUT2D eigenvalue weighted by Gasteiger charge is 2.34. The van der Waals surface area contributed by atoms with Crippen LogP contribution in [0.1, 0.15) is 31.7 Å². The third-order valence-electron chi connectivity index (χ3n) is 6.07. The Morgan fingerprint density at radius 3 is 2.55 bits per heavy atom. The number of para-hydroxylation sites is 2. The zero-order chi connectivity index (χ0) is 21.8. The van der Waals surface area contributed by atoms with Crippen LogP contribution in [0.3, 0.4) is 0 Å². The van der Waals surface area contributed by atoms with E-state index in [1.165, 1.54) is 6.07 Å². The Morgan fingerprint density at radius 1 is 1.10 bits per heavy atom. The average molecular weight is 426 g/mol. The second-order valence-corrected chi connectivity index (χ2v) is 8.08. The van der Waals surface area contributed by atoms with Crippen LogP contribution < -0.4 is 15.0 Å². The molecular weight excluding hydrogens is 397 g/mol. The van der Waals surface area contributed by atoms with Gasteiger partial charge in [0.25, 0.3) is 0 Å². The van der Waals surface area contributed by atoms with E-state index in [0.717, 1.165) is 17.9 Å². The van der Waals surface area contributed by atoms with E-state index in [2.05, 4.69) is 5.32 Å². The van der Waals surface area contributed by atoms with Gasteiger partial charge in [-0.05, 0) is 37.5 Å². The van der Waals surface area contributed by atoms with Crippen LogP contribution in [0.4, 0.5) is 14.9 Å². The number of benzene rings is 2. The summed E-state index contributed by atoms with van der Waals surface area (Å²) in [5.74, 6) is 0.157. The van der Waals surface area contributed by atoms with Gasteiger partial charge in [-0.25, -0.2) is 9.18 Å². The smallest absolute Gasteiger partial charge is 0.324 e. The van der Waals surface area contributed by atoms with Crippen molar-refractivity contribution in [2.45, 2.75) is 38.8 Å². The highest BCUT2D eigenvalue weighted by molar-refractivity contribution is 5.94. The van der Waals surface area contributed by atoms with Crippen molar-refractivity contribution in [3.63, 3.8) is 0 Å². The number of hydrogen-bond donors (Lipinski definition) is 1. The number of nitrogens with zero attached hydrogens (tertiary/aromatic N) is 2. The van der Waals surface area contributed by atoms with Gasteiger partial charge in [0.05, 0.1) is 12.2 Å². The molecule has 0 aromatic heterocycles.